The zero-order valence-electron chi connectivity index (χ0n) is 7.83. The van der Waals surface area contributed by atoms with E-state index in [9.17, 15) is 0 Å². The summed E-state index contributed by atoms with van der Waals surface area (Å²) in [5, 5.41) is 0.714. The minimum Gasteiger partial charge on any atom is -0.0690 e. The highest BCUT2D eigenvalue weighted by atomic mass is 28.3. The van der Waals surface area contributed by atoms with E-state index in [1.807, 2.05) is 0 Å². The fourth-order valence-corrected chi connectivity index (χ4v) is 4.47. The van der Waals surface area contributed by atoms with Crippen molar-refractivity contribution < 1.29 is 0 Å². The molecular formula is C9H20Si. The summed E-state index contributed by atoms with van der Waals surface area (Å²) in [7, 11) is -0.818. The molecule has 0 atom stereocenters. The van der Waals surface area contributed by atoms with Crippen molar-refractivity contribution in [3.63, 3.8) is 0 Å². The lowest BCUT2D eigenvalue weighted by Crippen LogP contribution is -2.41. The summed E-state index contributed by atoms with van der Waals surface area (Å²) in [6.07, 6.45) is 4.46. The van der Waals surface area contributed by atoms with Crippen LogP contribution in [0.15, 0.2) is 0 Å². The molecular weight excluding hydrogens is 136 g/mol. The Kier molecular flexibility index (Phi) is 1.97. The zero-order valence-corrected chi connectivity index (χ0v) is 8.83. The summed E-state index contributed by atoms with van der Waals surface area (Å²) in [6, 6.07) is 1.56. The summed E-state index contributed by atoms with van der Waals surface area (Å²) in [4.78, 5) is 0. The van der Waals surface area contributed by atoms with Crippen molar-refractivity contribution in [3.05, 3.63) is 0 Å². The fraction of sp³-hybridized carbons (Fsp3) is 1.00. The summed E-state index contributed by atoms with van der Waals surface area (Å²) < 4.78 is 0. The van der Waals surface area contributed by atoms with E-state index in [-0.39, 0.29) is 0 Å². The maximum absolute atomic E-state index is 2.55. The van der Waals surface area contributed by atoms with E-state index in [1.165, 1.54) is 19.3 Å². The van der Waals surface area contributed by atoms with Crippen molar-refractivity contribution >= 4 is 8.07 Å². The highest BCUT2D eigenvalue weighted by Gasteiger charge is 2.40. The predicted molar refractivity (Wildman–Crippen MR) is 50.2 cm³/mol. The highest BCUT2D eigenvalue weighted by molar-refractivity contribution is 6.80. The molecule has 0 N–H and O–H groups in total. The van der Waals surface area contributed by atoms with Crippen LogP contribution in [0.25, 0.3) is 0 Å². The Hall–Kier alpha value is 0.217. The Bertz CT molecular complexity index is 109. The van der Waals surface area contributed by atoms with Crippen LogP contribution in [0.3, 0.4) is 0 Å². The molecule has 0 aromatic heterocycles. The van der Waals surface area contributed by atoms with Crippen molar-refractivity contribution in [3.8, 4) is 0 Å². The molecule has 1 heterocycles. The molecule has 0 amide bonds. The van der Waals surface area contributed by atoms with Gasteiger partial charge >= 0.3 is 0 Å². The molecule has 0 spiro atoms. The molecule has 60 valence electrons. The van der Waals surface area contributed by atoms with Crippen LogP contribution < -0.4 is 0 Å². The minimum absolute atomic E-state index is 0.714. The van der Waals surface area contributed by atoms with Gasteiger partial charge in [-0.05, 0) is 5.04 Å². The van der Waals surface area contributed by atoms with E-state index >= 15 is 0 Å². The van der Waals surface area contributed by atoms with Crippen LogP contribution >= 0.6 is 0 Å². The molecule has 0 unspecified atom stereocenters. The SMILES string of the molecule is CC1(C)CCCC[Si]1(C)C. The Balaban J connectivity index is 2.70. The molecule has 0 aliphatic carbocycles. The van der Waals surface area contributed by atoms with Gasteiger partial charge in [0.25, 0.3) is 0 Å². The molecule has 0 nitrogen and oxygen atoms in total. The molecule has 1 saturated heterocycles. The summed E-state index contributed by atoms with van der Waals surface area (Å²) in [5.74, 6) is 0. The second kappa shape index (κ2) is 2.37. The second-order valence-corrected chi connectivity index (χ2v) is 10.6. The van der Waals surface area contributed by atoms with E-state index in [4.69, 9.17) is 0 Å². The maximum atomic E-state index is 2.55. The first-order chi connectivity index (χ1) is 4.46. The van der Waals surface area contributed by atoms with Gasteiger partial charge in [-0.25, -0.2) is 0 Å². The quantitative estimate of drug-likeness (QED) is 0.470. The van der Waals surface area contributed by atoms with Crippen LogP contribution in [-0.2, 0) is 0 Å². The van der Waals surface area contributed by atoms with E-state index in [1.54, 1.807) is 6.04 Å². The van der Waals surface area contributed by atoms with Crippen LogP contribution in [0.5, 0.6) is 0 Å². The lowest BCUT2D eigenvalue weighted by Gasteiger charge is -2.44. The Morgan fingerprint density at radius 1 is 1.10 bits per heavy atom. The van der Waals surface area contributed by atoms with E-state index < -0.39 is 8.07 Å². The molecule has 10 heavy (non-hydrogen) atoms. The van der Waals surface area contributed by atoms with Gasteiger partial charge in [-0.2, -0.15) is 0 Å². The topological polar surface area (TPSA) is 0 Å². The van der Waals surface area contributed by atoms with E-state index in [0.717, 1.165) is 0 Å². The number of hydrogen-bond acceptors (Lipinski definition) is 0. The molecule has 0 radical (unpaired) electrons. The Labute approximate surface area is 66.0 Å². The normalized spacial score (nSPS) is 30.0. The van der Waals surface area contributed by atoms with Crippen molar-refractivity contribution in [2.75, 3.05) is 0 Å². The van der Waals surface area contributed by atoms with Gasteiger partial charge < -0.3 is 0 Å². The first kappa shape index (κ1) is 8.31. The van der Waals surface area contributed by atoms with Crippen molar-refractivity contribution in [2.24, 2.45) is 0 Å². The van der Waals surface area contributed by atoms with E-state index in [2.05, 4.69) is 26.9 Å². The molecule has 1 rings (SSSR count). The Morgan fingerprint density at radius 2 is 1.70 bits per heavy atom. The average Bonchev–Trinajstić information content (AvgIpc) is 1.77. The van der Waals surface area contributed by atoms with Gasteiger partial charge in [0.15, 0.2) is 0 Å². The molecule has 0 aromatic carbocycles. The monoisotopic (exact) mass is 156 g/mol. The van der Waals surface area contributed by atoms with Gasteiger partial charge in [0, 0.05) is 0 Å². The predicted octanol–water partition coefficient (Wildman–Crippen LogP) is 3.66. The maximum Gasteiger partial charge on any atom is 0.0530 e. The largest absolute Gasteiger partial charge is 0.0690 e. The molecule has 0 bridgehead atoms. The van der Waals surface area contributed by atoms with Crippen molar-refractivity contribution in [1.82, 2.24) is 0 Å². The number of hydrogen-bond donors (Lipinski definition) is 0. The zero-order chi connectivity index (χ0) is 7.83. The summed E-state index contributed by atoms with van der Waals surface area (Å²) >= 11 is 0. The molecule has 0 saturated carbocycles. The summed E-state index contributed by atoms with van der Waals surface area (Å²) in [6.45, 7) is 10.0. The fourth-order valence-electron chi connectivity index (χ4n) is 1.81. The van der Waals surface area contributed by atoms with Gasteiger partial charge in [-0.3, -0.25) is 0 Å². The first-order valence-corrected chi connectivity index (χ1v) is 7.66. The standard InChI is InChI=1S/C9H20Si/c1-9(2)7-5-6-8-10(9,3)4/h5-8H2,1-4H3. The minimum atomic E-state index is -0.818. The lowest BCUT2D eigenvalue weighted by atomic mass is 10.0. The van der Waals surface area contributed by atoms with Crippen LogP contribution in [-0.4, -0.2) is 8.07 Å². The van der Waals surface area contributed by atoms with Gasteiger partial charge in [-0.1, -0.05) is 52.2 Å². The van der Waals surface area contributed by atoms with E-state index in [0.29, 0.717) is 5.04 Å². The van der Waals surface area contributed by atoms with Gasteiger partial charge in [0.05, 0.1) is 8.07 Å². The van der Waals surface area contributed by atoms with Crippen LogP contribution in [0, 0.1) is 0 Å². The third kappa shape index (κ3) is 1.29. The van der Waals surface area contributed by atoms with Crippen molar-refractivity contribution in [1.29, 1.82) is 0 Å². The van der Waals surface area contributed by atoms with Crippen LogP contribution in [0.1, 0.15) is 33.1 Å². The molecule has 1 heteroatoms. The lowest BCUT2D eigenvalue weighted by molar-refractivity contribution is 0.510. The summed E-state index contributed by atoms with van der Waals surface area (Å²) in [5.41, 5.74) is 0. The third-order valence-corrected chi connectivity index (χ3v) is 9.20. The van der Waals surface area contributed by atoms with Gasteiger partial charge in [-0.15, -0.1) is 0 Å². The smallest absolute Gasteiger partial charge is 0.0530 e. The van der Waals surface area contributed by atoms with Crippen molar-refractivity contribution in [2.45, 2.75) is 57.3 Å². The third-order valence-electron chi connectivity index (χ3n) is 3.69. The first-order valence-electron chi connectivity index (χ1n) is 4.46. The number of rotatable bonds is 0. The molecule has 0 aromatic rings. The second-order valence-electron chi connectivity index (χ2n) is 4.97. The average molecular weight is 156 g/mol. The van der Waals surface area contributed by atoms with Crippen LogP contribution in [0.4, 0.5) is 0 Å². The Morgan fingerprint density at radius 3 is 2.00 bits per heavy atom. The highest BCUT2D eigenvalue weighted by Crippen LogP contribution is 2.48. The van der Waals surface area contributed by atoms with Gasteiger partial charge in [0.1, 0.15) is 0 Å². The molecule has 1 aliphatic rings. The van der Waals surface area contributed by atoms with Gasteiger partial charge in [0.2, 0.25) is 0 Å². The molecule has 1 fully saturated rings. The van der Waals surface area contributed by atoms with Crippen LogP contribution in [0.2, 0.25) is 24.2 Å². The molecule has 1 aliphatic heterocycles.